The maximum atomic E-state index is 13.5. The molecule has 2 aromatic rings. The molecule has 0 amide bonds. The van der Waals surface area contributed by atoms with Gasteiger partial charge < -0.3 is 16.4 Å². The highest BCUT2D eigenvalue weighted by Crippen LogP contribution is 2.24. The van der Waals surface area contributed by atoms with Crippen LogP contribution < -0.4 is 21.1 Å². The lowest BCUT2D eigenvalue weighted by Crippen LogP contribution is -2.40. The molecule has 1 aromatic heterocycles. The van der Waals surface area contributed by atoms with E-state index in [0.717, 1.165) is 25.7 Å². The summed E-state index contributed by atoms with van der Waals surface area (Å²) in [4.78, 5) is 8.27. The number of benzene rings is 1. The number of aliphatic imine (C=N–C) groups is 2. The first kappa shape index (κ1) is 26.9. The molecule has 5 N–H and O–H groups in total. The Morgan fingerprint density at radius 3 is 2.77 bits per heavy atom. The summed E-state index contributed by atoms with van der Waals surface area (Å²) < 4.78 is 45.6. The van der Waals surface area contributed by atoms with E-state index in [1.165, 1.54) is 12.5 Å². The maximum absolute atomic E-state index is 13.5. The highest BCUT2D eigenvalue weighted by atomic mass is 79.9. The molecule has 0 saturated heterocycles. The highest BCUT2D eigenvalue weighted by molar-refractivity contribution is 9.10. The molecule has 1 saturated carbocycles. The van der Waals surface area contributed by atoms with Gasteiger partial charge in [0.2, 0.25) is 21.8 Å². The number of amidine groups is 1. The summed E-state index contributed by atoms with van der Waals surface area (Å²) in [5.74, 6) is 0.512. The number of rotatable bonds is 10. The number of nitrogens with two attached hydrogens (primary N) is 1. The molecule has 3 rings (SSSR count). The van der Waals surface area contributed by atoms with Crippen LogP contribution >= 0.6 is 15.9 Å². The van der Waals surface area contributed by atoms with Crippen LogP contribution in [0.2, 0.25) is 0 Å². The molecule has 1 heterocycles. The standard InChI is InChI=1S/C21H30BrFN8O3S/c1-25-19(28-15-8-9-17(23)16(22)12-15)18-20(30-34-29-18)26-10-5-11-27-21(24)31-35(32,33)13-14-6-3-2-4-7-14/h8-9,12,14H,2-7,10-11,13H2,1H3,(H,25,28)(H,26,30)(H3,24,27,31). The number of hydrogen-bond acceptors (Lipinski definition) is 8. The van der Waals surface area contributed by atoms with Gasteiger partial charge in [-0.15, -0.1) is 0 Å². The maximum Gasteiger partial charge on any atom is 0.235 e. The summed E-state index contributed by atoms with van der Waals surface area (Å²) in [5, 5.41) is 13.9. The summed E-state index contributed by atoms with van der Waals surface area (Å²) in [7, 11) is -1.93. The van der Waals surface area contributed by atoms with Crippen LogP contribution in [0.25, 0.3) is 0 Å². The first-order valence-corrected chi connectivity index (χ1v) is 13.8. The van der Waals surface area contributed by atoms with Crippen LogP contribution in [-0.4, -0.2) is 56.4 Å². The Morgan fingerprint density at radius 2 is 2.06 bits per heavy atom. The second kappa shape index (κ2) is 12.8. The highest BCUT2D eigenvalue weighted by Gasteiger charge is 2.22. The number of nitrogens with one attached hydrogen (secondary N) is 3. The van der Waals surface area contributed by atoms with Crippen molar-refractivity contribution in [2.45, 2.75) is 38.5 Å². The Kier molecular flexibility index (Phi) is 9.83. The van der Waals surface area contributed by atoms with Gasteiger partial charge in [-0.3, -0.25) is 14.7 Å². The molecule has 1 aliphatic carbocycles. The van der Waals surface area contributed by atoms with Crippen LogP contribution in [0, 0.1) is 11.7 Å². The van der Waals surface area contributed by atoms with E-state index in [-0.39, 0.29) is 23.4 Å². The summed E-state index contributed by atoms with van der Waals surface area (Å²) in [5.41, 5.74) is 6.72. The summed E-state index contributed by atoms with van der Waals surface area (Å²) in [6.07, 6.45) is 5.74. The third kappa shape index (κ3) is 8.46. The summed E-state index contributed by atoms with van der Waals surface area (Å²) in [6, 6.07) is 4.47. The van der Waals surface area contributed by atoms with Crippen LogP contribution in [-0.2, 0) is 10.0 Å². The van der Waals surface area contributed by atoms with E-state index >= 15 is 0 Å². The molecule has 1 aromatic carbocycles. The molecule has 11 nitrogen and oxygen atoms in total. The number of aromatic nitrogens is 2. The molecule has 0 aliphatic heterocycles. The molecule has 0 bridgehead atoms. The third-order valence-electron chi connectivity index (χ3n) is 5.47. The van der Waals surface area contributed by atoms with E-state index in [4.69, 9.17) is 10.4 Å². The second-order valence-electron chi connectivity index (χ2n) is 8.22. The molecule has 0 unspecified atom stereocenters. The van der Waals surface area contributed by atoms with Crippen molar-refractivity contribution < 1.29 is 17.4 Å². The minimum absolute atomic E-state index is 0.0803. The molecule has 0 radical (unpaired) electrons. The molecule has 35 heavy (non-hydrogen) atoms. The molecule has 14 heteroatoms. The van der Waals surface area contributed by atoms with Gasteiger partial charge in [-0.25, -0.2) is 17.4 Å². The van der Waals surface area contributed by atoms with Crippen molar-refractivity contribution in [1.82, 2.24) is 15.0 Å². The van der Waals surface area contributed by atoms with Gasteiger partial charge in [-0.2, -0.15) is 0 Å². The van der Waals surface area contributed by atoms with Gasteiger partial charge in [0.05, 0.1) is 10.2 Å². The van der Waals surface area contributed by atoms with Gasteiger partial charge in [0.15, 0.2) is 11.5 Å². The minimum atomic E-state index is -3.50. The minimum Gasteiger partial charge on any atom is -0.369 e. The molecule has 0 spiro atoms. The molecule has 1 aliphatic rings. The smallest absolute Gasteiger partial charge is 0.235 e. The van der Waals surface area contributed by atoms with E-state index in [0.29, 0.717) is 47.0 Å². The average Bonchev–Trinajstić information content (AvgIpc) is 3.28. The van der Waals surface area contributed by atoms with Crippen LogP contribution in [0.3, 0.4) is 0 Å². The fraction of sp³-hybridized carbons (Fsp3) is 0.524. The van der Waals surface area contributed by atoms with E-state index in [9.17, 15) is 12.8 Å². The van der Waals surface area contributed by atoms with Crippen LogP contribution in [0.15, 0.2) is 37.3 Å². The normalized spacial score (nSPS) is 15.7. The van der Waals surface area contributed by atoms with Gasteiger partial charge in [-0.05, 0) is 69.6 Å². The molecule has 0 atom stereocenters. The first-order chi connectivity index (χ1) is 16.8. The number of hydrogen-bond donors (Lipinski definition) is 4. The largest absolute Gasteiger partial charge is 0.369 e. The van der Waals surface area contributed by atoms with Gasteiger partial charge in [0.25, 0.3) is 0 Å². The van der Waals surface area contributed by atoms with Crippen LogP contribution in [0.1, 0.15) is 44.2 Å². The van der Waals surface area contributed by atoms with Crippen molar-refractivity contribution in [3.05, 3.63) is 34.2 Å². The zero-order valence-electron chi connectivity index (χ0n) is 19.4. The predicted molar refractivity (Wildman–Crippen MR) is 138 cm³/mol. The number of halogens is 2. The Bertz CT molecular complexity index is 1150. The van der Waals surface area contributed by atoms with Gasteiger partial charge in [-0.1, -0.05) is 19.3 Å². The average molecular weight is 573 g/mol. The lowest BCUT2D eigenvalue weighted by atomic mass is 9.91. The van der Waals surface area contributed by atoms with Gasteiger partial charge in [0.1, 0.15) is 5.82 Å². The second-order valence-corrected chi connectivity index (χ2v) is 10.8. The lowest BCUT2D eigenvalue weighted by Gasteiger charge is -2.21. The zero-order chi connectivity index (χ0) is 25.3. The van der Waals surface area contributed by atoms with Crippen molar-refractivity contribution in [3.8, 4) is 0 Å². The van der Waals surface area contributed by atoms with Crippen LogP contribution in [0.5, 0.6) is 0 Å². The van der Waals surface area contributed by atoms with Crippen molar-refractivity contribution >= 4 is 49.3 Å². The zero-order valence-corrected chi connectivity index (χ0v) is 21.8. The number of sulfonamides is 1. The van der Waals surface area contributed by atoms with Gasteiger partial charge >= 0.3 is 0 Å². The monoisotopic (exact) mass is 572 g/mol. The SMILES string of the molecule is CN=C(Nc1ccc(F)c(Br)c1)c1nonc1NCCCN=C(N)NS(=O)(=O)CC1CCCCC1. The molecule has 1 fully saturated rings. The Balaban J connectivity index is 1.46. The molecular weight excluding hydrogens is 543 g/mol. The topological polar surface area (TPSA) is 160 Å². The fourth-order valence-corrected chi connectivity index (χ4v) is 5.57. The first-order valence-electron chi connectivity index (χ1n) is 11.3. The molecular formula is C21H30BrFN8O3S. The van der Waals surface area contributed by atoms with E-state index in [2.05, 4.69) is 51.6 Å². The predicted octanol–water partition coefficient (Wildman–Crippen LogP) is 3.08. The Hall–Kier alpha value is -2.74. The third-order valence-corrected chi connectivity index (χ3v) is 7.51. The quantitative estimate of drug-likeness (QED) is 0.192. The number of guanidine groups is 1. The summed E-state index contributed by atoms with van der Waals surface area (Å²) >= 11 is 3.15. The van der Waals surface area contributed by atoms with E-state index in [1.54, 1.807) is 19.2 Å². The van der Waals surface area contributed by atoms with Gasteiger partial charge in [0, 0.05) is 25.8 Å². The number of anilines is 2. The van der Waals surface area contributed by atoms with Crippen LogP contribution in [0.4, 0.5) is 15.9 Å². The molecule has 192 valence electrons. The fourth-order valence-electron chi connectivity index (χ4n) is 3.77. The van der Waals surface area contributed by atoms with Crippen molar-refractivity contribution in [1.29, 1.82) is 0 Å². The van der Waals surface area contributed by atoms with Crippen molar-refractivity contribution in [2.75, 3.05) is 36.5 Å². The Labute approximate surface area is 212 Å². The van der Waals surface area contributed by atoms with E-state index < -0.39 is 10.0 Å². The van der Waals surface area contributed by atoms with Crippen molar-refractivity contribution in [3.63, 3.8) is 0 Å². The lowest BCUT2D eigenvalue weighted by molar-refractivity contribution is 0.308. The van der Waals surface area contributed by atoms with E-state index in [1.807, 2.05) is 0 Å². The number of nitrogens with zero attached hydrogens (tertiary/aromatic N) is 4. The van der Waals surface area contributed by atoms with Crippen molar-refractivity contribution in [2.24, 2.45) is 21.6 Å². The Morgan fingerprint density at radius 1 is 1.29 bits per heavy atom. The summed E-state index contributed by atoms with van der Waals surface area (Å²) in [6.45, 7) is 0.758.